The molecule has 8 rings (SSSR count). The van der Waals surface area contributed by atoms with Crippen LogP contribution in [0.25, 0.3) is 78.7 Å². The predicted octanol–water partition coefficient (Wildman–Crippen LogP) is 11.4. The molecule has 4 nitrogen and oxygen atoms in total. The van der Waals surface area contributed by atoms with E-state index in [1.165, 1.54) is 22.3 Å². The third kappa shape index (κ3) is 6.32. The van der Waals surface area contributed by atoms with Gasteiger partial charge in [0.25, 0.3) is 0 Å². The van der Waals surface area contributed by atoms with Gasteiger partial charge < -0.3 is 0 Å². The van der Waals surface area contributed by atoms with Crippen molar-refractivity contribution in [1.82, 2.24) is 15.0 Å². The van der Waals surface area contributed by atoms with Crippen LogP contribution in [0.2, 0.25) is 0 Å². The summed E-state index contributed by atoms with van der Waals surface area (Å²) < 4.78 is 0. The first-order valence-electron chi connectivity index (χ1n) is 16.5. The first kappa shape index (κ1) is 30.4. The smallest absolute Gasteiger partial charge is 0.164 e. The molecule has 0 amide bonds. The number of hydrogen-bond acceptors (Lipinski definition) is 4. The summed E-state index contributed by atoms with van der Waals surface area (Å²) in [5.74, 6) is 1.82. The summed E-state index contributed by atoms with van der Waals surface area (Å²) in [6.07, 6.45) is 0. The molecule has 1 heterocycles. The van der Waals surface area contributed by atoms with E-state index in [2.05, 4.69) is 103 Å². The molecule has 0 saturated carbocycles. The summed E-state index contributed by atoms with van der Waals surface area (Å²) in [5.41, 5.74) is 12.3. The van der Waals surface area contributed by atoms with Crippen molar-refractivity contribution >= 4 is 0 Å². The van der Waals surface area contributed by atoms with Crippen LogP contribution in [0.15, 0.2) is 182 Å². The van der Waals surface area contributed by atoms with Gasteiger partial charge in [-0.25, -0.2) is 15.0 Å². The minimum absolute atomic E-state index is 0.595. The van der Waals surface area contributed by atoms with E-state index >= 15 is 0 Å². The fraction of sp³-hybridized carbons (Fsp3) is 0. The molecule has 0 unspecified atom stereocenters. The number of benzene rings is 7. The summed E-state index contributed by atoms with van der Waals surface area (Å²) in [7, 11) is 0. The SMILES string of the molecule is N#Cc1cccc(-c2ccc(-c3nc(-c4ccccc4)nc(-c4ccc(-c5ccc(-c6ccccc6)cc5-c5ccccc5)cc4)n3)cc2)c1. The van der Waals surface area contributed by atoms with Crippen LogP contribution in [0, 0.1) is 11.3 Å². The Labute approximate surface area is 291 Å². The molecule has 0 radical (unpaired) electrons. The first-order chi connectivity index (χ1) is 24.7. The van der Waals surface area contributed by atoms with Crippen LogP contribution in [0.1, 0.15) is 5.56 Å². The third-order valence-electron chi connectivity index (χ3n) is 8.80. The van der Waals surface area contributed by atoms with Crippen LogP contribution in [0.4, 0.5) is 0 Å². The lowest BCUT2D eigenvalue weighted by molar-refractivity contribution is 1.07. The van der Waals surface area contributed by atoms with Crippen molar-refractivity contribution in [2.24, 2.45) is 0 Å². The van der Waals surface area contributed by atoms with E-state index in [1.807, 2.05) is 84.9 Å². The van der Waals surface area contributed by atoms with Crippen molar-refractivity contribution in [1.29, 1.82) is 5.26 Å². The van der Waals surface area contributed by atoms with Crippen LogP contribution < -0.4 is 0 Å². The highest BCUT2D eigenvalue weighted by Gasteiger charge is 2.14. The Morgan fingerprint density at radius 3 is 1.24 bits per heavy atom. The van der Waals surface area contributed by atoms with Gasteiger partial charge in [0, 0.05) is 16.7 Å². The molecule has 0 saturated heterocycles. The van der Waals surface area contributed by atoms with Gasteiger partial charge in [0.1, 0.15) is 0 Å². The van der Waals surface area contributed by atoms with Gasteiger partial charge in [-0.1, -0.05) is 164 Å². The topological polar surface area (TPSA) is 62.5 Å². The van der Waals surface area contributed by atoms with Crippen molar-refractivity contribution in [3.05, 3.63) is 188 Å². The number of nitriles is 1. The molecule has 50 heavy (non-hydrogen) atoms. The van der Waals surface area contributed by atoms with Crippen LogP contribution in [-0.2, 0) is 0 Å². The summed E-state index contributed by atoms with van der Waals surface area (Å²) in [4.78, 5) is 14.8. The molecule has 1 aromatic heterocycles. The molecule has 0 spiro atoms. The highest BCUT2D eigenvalue weighted by molar-refractivity contribution is 5.87. The number of hydrogen-bond donors (Lipinski definition) is 0. The predicted molar refractivity (Wildman–Crippen MR) is 203 cm³/mol. The number of rotatable bonds is 7. The zero-order chi connectivity index (χ0) is 33.7. The monoisotopic (exact) mass is 638 g/mol. The highest BCUT2D eigenvalue weighted by Crippen LogP contribution is 2.37. The average molecular weight is 639 g/mol. The van der Waals surface area contributed by atoms with Crippen molar-refractivity contribution in [2.75, 3.05) is 0 Å². The highest BCUT2D eigenvalue weighted by atomic mass is 15.0. The number of aromatic nitrogens is 3. The summed E-state index contributed by atoms with van der Waals surface area (Å²) in [5, 5.41) is 9.35. The fourth-order valence-electron chi connectivity index (χ4n) is 6.19. The molecule has 7 aromatic carbocycles. The standard InChI is InChI=1S/C46H30N4/c47-31-32-11-10-18-40(29-32)34-19-23-38(24-20-34)45-48-44(37-16-8-3-9-17-37)49-46(50-45)39-25-21-36(22-26-39)42-28-27-41(33-12-4-1-5-13-33)30-43(42)35-14-6-2-7-15-35/h1-30H. The van der Waals surface area contributed by atoms with Gasteiger partial charge in [-0.05, 0) is 62.7 Å². The lowest BCUT2D eigenvalue weighted by Gasteiger charge is -2.14. The van der Waals surface area contributed by atoms with Crippen molar-refractivity contribution in [3.63, 3.8) is 0 Å². The molecule has 0 N–H and O–H groups in total. The minimum atomic E-state index is 0.595. The zero-order valence-corrected chi connectivity index (χ0v) is 27.1. The molecule has 234 valence electrons. The molecule has 0 atom stereocenters. The second kappa shape index (κ2) is 13.6. The molecule has 0 bridgehead atoms. The first-order valence-corrected chi connectivity index (χ1v) is 16.5. The van der Waals surface area contributed by atoms with Gasteiger partial charge in [0.2, 0.25) is 0 Å². The fourth-order valence-corrected chi connectivity index (χ4v) is 6.19. The Bertz CT molecular complexity index is 2450. The van der Waals surface area contributed by atoms with Gasteiger partial charge >= 0.3 is 0 Å². The average Bonchev–Trinajstić information content (AvgIpc) is 3.21. The van der Waals surface area contributed by atoms with Crippen molar-refractivity contribution < 1.29 is 0 Å². The Morgan fingerprint density at radius 1 is 0.300 bits per heavy atom. The summed E-state index contributed by atoms with van der Waals surface area (Å²) >= 11 is 0. The van der Waals surface area contributed by atoms with Gasteiger partial charge in [0.05, 0.1) is 11.6 Å². The Balaban J connectivity index is 1.18. The van der Waals surface area contributed by atoms with Gasteiger partial charge in [-0.2, -0.15) is 5.26 Å². The Kier molecular flexibility index (Phi) is 8.29. The minimum Gasteiger partial charge on any atom is -0.208 e. The van der Waals surface area contributed by atoms with Gasteiger partial charge in [0.15, 0.2) is 17.5 Å². The summed E-state index contributed by atoms with van der Waals surface area (Å²) in [6.45, 7) is 0. The van der Waals surface area contributed by atoms with E-state index in [0.717, 1.165) is 38.9 Å². The molecule has 0 aliphatic carbocycles. The lowest BCUT2D eigenvalue weighted by atomic mass is 9.91. The maximum Gasteiger partial charge on any atom is 0.164 e. The van der Waals surface area contributed by atoms with Crippen LogP contribution >= 0.6 is 0 Å². The van der Waals surface area contributed by atoms with E-state index in [0.29, 0.717) is 23.0 Å². The molecular formula is C46H30N4. The van der Waals surface area contributed by atoms with Gasteiger partial charge in [-0.3, -0.25) is 0 Å². The second-order valence-electron chi connectivity index (χ2n) is 12.0. The van der Waals surface area contributed by atoms with E-state index in [1.54, 1.807) is 0 Å². The Morgan fingerprint density at radius 2 is 0.680 bits per heavy atom. The molecule has 8 aromatic rings. The second-order valence-corrected chi connectivity index (χ2v) is 12.0. The molecule has 0 fully saturated rings. The molecule has 0 aliphatic rings. The quantitative estimate of drug-likeness (QED) is 0.174. The van der Waals surface area contributed by atoms with Gasteiger partial charge in [-0.15, -0.1) is 0 Å². The van der Waals surface area contributed by atoms with Crippen molar-refractivity contribution in [2.45, 2.75) is 0 Å². The number of nitrogens with zero attached hydrogens (tertiary/aromatic N) is 4. The normalized spacial score (nSPS) is 10.8. The maximum absolute atomic E-state index is 9.35. The summed E-state index contributed by atoms with van der Waals surface area (Å²) in [6, 6.07) is 64.2. The molecule has 0 aliphatic heterocycles. The lowest BCUT2D eigenvalue weighted by Crippen LogP contribution is -2.00. The molecule has 4 heteroatoms. The maximum atomic E-state index is 9.35. The molecular weight excluding hydrogens is 609 g/mol. The van der Waals surface area contributed by atoms with E-state index < -0.39 is 0 Å². The van der Waals surface area contributed by atoms with E-state index in [4.69, 9.17) is 15.0 Å². The Hall–Kier alpha value is -6.96. The zero-order valence-electron chi connectivity index (χ0n) is 27.1. The van der Waals surface area contributed by atoms with Crippen LogP contribution in [0.5, 0.6) is 0 Å². The van der Waals surface area contributed by atoms with E-state index in [-0.39, 0.29) is 0 Å². The van der Waals surface area contributed by atoms with Crippen molar-refractivity contribution in [3.8, 4) is 84.7 Å². The third-order valence-corrected chi connectivity index (χ3v) is 8.80. The van der Waals surface area contributed by atoms with Crippen LogP contribution in [-0.4, -0.2) is 15.0 Å². The largest absolute Gasteiger partial charge is 0.208 e. The van der Waals surface area contributed by atoms with E-state index in [9.17, 15) is 5.26 Å². The van der Waals surface area contributed by atoms with Crippen LogP contribution in [0.3, 0.4) is 0 Å².